The molecular weight excluding hydrogens is 220 g/mol. The molecule has 0 saturated carbocycles. The van der Waals surface area contributed by atoms with Crippen LogP contribution in [0.2, 0.25) is 0 Å². The Hall–Kier alpha value is -2.41. The molecule has 18 heavy (non-hydrogen) atoms. The third-order valence-corrected chi connectivity index (χ3v) is 3.15. The first kappa shape index (κ1) is 10.7. The second-order valence-corrected chi connectivity index (χ2v) is 4.27. The third kappa shape index (κ3) is 1.80. The van der Waals surface area contributed by atoms with E-state index in [0.29, 0.717) is 5.56 Å². The largest absolute Gasteiger partial charge is 0.298 e. The van der Waals surface area contributed by atoms with Crippen molar-refractivity contribution in [1.82, 2.24) is 0 Å². The van der Waals surface area contributed by atoms with E-state index in [4.69, 9.17) is 0 Å². The van der Waals surface area contributed by atoms with E-state index in [2.05, 4.69) is 30.3 Å². The molecule has 0 spiro atoms. The molecule has 0 aliphatic heterocycles. The van der Waals surface area contributed by atoms with Crippen molar-refractivity contribution in [3.05, 3.63) is 72.3 Å². The standard InChI is InChI=1S/C17H12O/c18-12-13-8-10-15(11-9-13)17-7-3-5-14-4-1-2-6-16(14)17/h1-12H. The van der Waals surface area contributed by atoms with Crippen molar-refractivity contribution < 1.29 is 4.79 Å². The maximum absolute atomic E-state index is 10.7. The first-order valence-corrected chi connectivity index (χ1v) is 5.92. The van der Waals surface area contributed by atoms with Gasteiger partial charge in [0.1, 0.15) is 6.29 Å². The molecule has 0 aliphatic carbocycles. The zero-order valence-electron chi connectivity index (χ0n) is 9.84. The number of hydrogen-bond donors (Lipinski definition) is 0. The molecule has 0 aromatic heterocycles. The van der Waals surface area contributed by atoms with E-state index in [-0.39, 0.29) is 0 Å². The van der Waals surface area contributed by atoms with Gasteiger partial charge in [0.25, 0.3) is 0 Å². The zero-order valence-corrected chi connectivity index (χ0v) is 9.84. The normalized spacial score (nSPS) is 10.4. The third-order valence-electron chi connectivity index (χ3n) is 3.15. The summed E-state index contributed by atoms with van der Waals surface area (Å²) in [6.45, 7) is 0. The lowest BCUT2D eigenvalue weighted by Gasteiger charge is -2.06. The summed E-state index contributed by atoms with van der Waals surface area (Å²) in [5.41, 5.74) is 3.04. The van der Waals surface area contributed by atoms with Crippen LogP contribution in [0.5, 0.6) is 0 Å². The first-order chi connectivity index (χ1) is 8.88. The fourth-order valence-corrected chi connectivity index (χ4v) is 2.22. The number of carbonyl (C=O) groups excluding carboxylic acids is 1. The summed E-state index contributed by atoms with van der Waals surface area (Å²) in [6, 6.07) is 22.3. The van der Waals surface area contributed by atoms with Crippen molar-refractivity contribution in [2.45, 2.75) is 0 Å². The number of benzene rings is 3. The molecule has 0 radical (unpaired) electrons. The van der Waals surface area contributed by atoms with E-state index in [1.165, 1.54) is 16.3 Å². The quantitative estimate of drug-likeness (QED) is 0.601. The Labute approximate surface area is 106 Å². The van der Waals surface area contributed by atoms with Crippen molar-refractivity contribution >= 4 is 17.1 Å². The highest BCUT2D eigenvalue weighted by Gasteiger charge is 2.02. The molecule has 3 aromatic carbocycles. The highest BCUT2D eigenvalue weighted by atomic mass is 16.1. The van der Waals surface area contributed by atoms with Crippen molar-refractivity contribution in [2.75, 3.05) is 0 Å². The van der Waals surface area contributed by atoms with Gasteiger partial charge in [-0.1, -0.05) is 66.7 Å². The van der Waals surface area contributed by atoms with Crippen LogP contribution in [-0.2, 0) is 0 Å². The Balaban J connectivity index is 2.21. The van der Waals surface area contributed by atoms with Crippen molar-refractivity contribution in [3.8, 4) is 11.1 Å². The van der Waals surface area contributed by atoms with E-state index in [1.54, 1.807) is 0 Å². The lowest BCUT2D eigenvalue weighted by atomic mass is 9.98. The summed E-state index contributed by atoms with van der Waals surface area (Å²) in [5.74, 6) is 0. The lowest BCUT2D eigenvalue weighted by Crippen LogP contribution is -1.83. The van der Waals surface area contributed by atoms with E-state index in [0.717, 1.165) is 11.8 Å². The Morgan fingerprint density at radius 3 is 2.22 bits per heavy atom. The Morgan fingerprint density at radius 2 is 1.44 bits per heavy atom. The summed E-state index contributed by atoms with van der Waals surface area (Å²) in [5, 5.41) is 2.47. The van der Waals surface area contributed by atoms with Crippen LogP contribution >= 0.6 is 0 Å². The van der Waals surface area contributed by atoms with Gasteiger partial charge in [0.15, 0.2) is 0 Å². The summed E-state index contributed by atoms with van der Waals surface area (Å²) in [7, 11) is 0. The summed E-state index contributed by atoms with van der Waals surface area (Å²) in [6.07, 6.45) is 0.868. The minimum absolute atomic E-state index is 0.707. The number of hydrogen-bond acceptors (Lipinski definition) is 1. The van der Waals surface area contributed by atoms with Crippen LogP contribution in [-0.4, -0.2) is 6.29 Å². The monoisotopic (exact) mass is 232 g/mol. The maximum atomic E-state index is 10.7. The number of carbonyl (C=O) groups is 1. The van der Waals surface area contributed by atoms with Crippen LogP contribution in [0, 0.1) is 0 Å². The predicted octanol–water partition coefficient (Wildman–Crippen LogP) is 4.32. The topological polar surface area (TPSA) is 17.1 Å². The molecule has 0 atom stereocenters. The molecule has 1 heteroatoms. The molecule has 0 unspecified atom stereocenters. The van der Waals surface area contributed by atoms with Gasteiger partial charge in [-0.05, 0) is 21.9 Å². The molecule has 0 N–H and O–H groups in total. The van der Waals surface area contributed by atoms with E-state index >= 15 is 0 Å². The lowest BCUT2D eigenvalue weighted by molar-refractivity contribution is 0.112. The van der Waals surface area contributed by atoms with Crippen LogP contribution in [0.4, 0.5) is 0 Å². The number of fused-ring (bicyclic) bond motifs is 1. The van der Waals surface area contributed by atoms with Crippen LogP contribution in [0.25, 0.3) is 21.9 Å². The highest BCUT2D eigenvalue weighted by Crippen LogP contribution is 2.28. The molecule has 0 amide bonds. The average molecular weight is 232 g/mol. The fraction of sp³-hybridized carbons (Fsp3) is 0. The molecular formula is C17H12O. The minimum Gasteiger partial charge on any atom is -0.298 e. The van der Waals surface area contributed by atoms with Gasteiger partial charge in [0.05, 0.1) is 0 Å². The van der Waals surface area contributed by atoms with Crippen LogP contribution < -0.4 is 0 Å². The Kier molecular flexibility index (Phi) is 2.66. The molecule has 3 aromatic rings. The summed E-state index contributed by atoms with van der Waals surface area (Å²) >= 11 is 0. The van der Waals surface area contributed by atoms with Gasteiger partial charge >= 0.3 is 0 Å². The molecule has 86 valence electrons. The second kappa shape index (κ2) is 4.46. The van der Waals surface area contributed by atoms with Crippen LogP contribution in [0.3, 0.4) is 0 Å². The van der Waals surface area contributed by atoms with Crippen molar-refractivity contribution in [1.29, 1.82) is 0 Å². The van der Waals surface area contributed by atoms with E-state index < -0.39 is 0 Å². The maximum Gasteiger partial charge on any atom is 0.150 e. The summed E-state index contributed by atoms with van der Waals surface area (Å²) in [4.78, 5) is 10.7. The van der Waals surface area contributed by atoms with Crippen LogP contribution in [0.15, 0.2) is 66.7 Å². The SMILES string of the molecule is O=Cc1ccc(-c2cccc3ccccc23)cc1. The Morgan fingerprint density at radius 1 is 0.722 bits per heavy atom. The fourth-order valence-electron chi connectivity index (χ4n) is 2.22. The zero-order chi connectivity index (χ0) is 12.4. The molecule has 0 saturated heterocycles. The van der Waals surface area contributed by atoms with Gasteiger partial charge < -0.3 is 0 Å². The van der Waals surface area contributed by atoms with Gasteiger partial charge in [-0.15, -0.1) is 0 Å². The van der Waals surface area contributed by atoms with Crippen molar-refractivity contribution in [3.63, 3.8) is 0 Å². The van der Waals surface area contributed by atoms with Gasteiger partial charge in [0.2, 0.25) is 0 Å². The Bertz CT molecular complexity index is 691. The smallest absolute Gasteiger partial charge is 0.150 e. The van der Waals surface area contributed by atoms with E-state index in [1.807, 2.05) is 36.4 Å². The molecule has 0 fully saturated rings. The predicted molar refractivity (Wildman–Crippen MR) is 74.8 cm³/mol. The van der Waals surface area contributed by atoms with Gasteiger partial charge in [0, 0.05) is 5.56 Å². The molecule has 3 rings (SSSR count). The number of rotatable bonds is 2. The van der Waals surface area contributed by atoms with Crippen molar-refractivity contribution in [2.24, 2.45) is 0 Å². The number of aldehydes is 1. The first-order valence-electron chi connectivity index (χ1n) is 5.92. The van der Waals surface area contributed by atoms with Crippen LogP contribution in [0.1, 0.15) is 10.4 Å². The molecule has 0 heterocycles. The summed E-state index contributed by atoms with van der Waals surface area (Å²) < 4.78 is 0. The minimum atomic E-state index is 0.707. The highest BCUT2D eigenvalue weighted by molar-refractivity contribution is 5.96. The van der Waals surface area contributed by atoms with Gasteiger partial charge in [-0.3, -0.25) is 4.79 Å². The molecule has 0 aliphatic rings. The second-order valence-electron chi connectivity index (χ2n) is 4.27. The molecule has 1 nitrogen and oxygen atoms in total. The average Bonchev–Trinajstić information content (AvgIpc) is 2.47. The van der Waals surface area contributed by atoms with Gasteiger partial charge in [-0.25, -0.2) is 0 Å². The van der Waals surface area contributed by atoms with E-state index in [9.17, 15) is 4.79 Å². The van der Waals surface area contributed by atoms with Gasteiger partial charge in [-0.2, -0.15) is 0 Å². The molecule has 0 bridgehead atoms.